The monoisotopic (exact) mass is 385 g/mol. The van der Waals surface area contributed by atoms with Crippen molar-refractivity contribution in [1.29, 1.82) is 0 Å². The van der Waals surface area contributed by atoms with E-state index in [9.17, 15) is 8.42 Å². The molecule has 0 aliphatic carbocycles. The summed E-state index contributed by atoms with van der Waals surface area (Å²) in [6, 6.07) is 16.3. The molecule has 0 aliphatic heterocycles. The van der Waals surface area contributed by atoms with Crippen LogP contribution >= 0.6 is 0 Å². The average molecular weight is 385 g/mol. The van der Waals surface area contributed by atoms with Crippen molar-refractivity contribution in [3.63, 3.8) is 0 Å². The summed E-state index contributed by atoms with van der Waals surface area (Å²) in [6.07, 6.45) is 0. The second kappa shape index (κ2) is 7.54. The standard InChI is InChI=1S/C20H23N3O3S/c1-14-20(15(2)23(3)21-14)27(24,25)22-19(16-8-6-5-7-9-16)17-10-12-18(26-4)13-11-17/h5-13,19,22H,1-4H3/t19-/m0/s1. The molecule has 6 nitrogen and oxygen atoms in total. The molecular weight excluding hydrogens is 362 g/mol. The van der Waals surface area contributed by atoms with Gasteiger partial charge in [-0.1, -0.05) is 42.5 Å². The maximum atomic E-state index is 13.2. The van der Waals surface area contributed by atoms with Crippen LogP contribution in [-0.4, -0.2) is 25.3 Å². The van der Waals surface area contributed by atoms with E-state index in [-0.39, 0.29) is 4.90 Å². The van der Waals surface area contributed by atoms with Crippen LogP contribution in [0.15, 0.2) is 59.5 Å². The first kappa shape index (κ1) is 19.1. The lowest BCUT2D eigenvalue weighted by Gasteiger charge is -2.20. The fourth-order valence-electron chi connectivity index (χ4n) is 3.13. The van der Waals surface area contributed by atoms with Gasteiger partial charge in [-0.25, -0.2) is 8.42 Å². The van der Waals surface area contributed by atoms with Gasteiger partial charge in [-0.2, -0.15) is 9.82 Å². The molecule has 2 aromatic carbocycles. The zero-order valence-corrected chi connectivity index (χ0v) is 16.6. The summed E-state index contributed by atoms with van der Waals surface area (Å²) in [5.41, 5.74) is 2.75. The van der Waals surface area contributed by atoms with Gasteiger partial charge in [0.05, 0.1) is 24.5 Å². The van der Waals surface area contributed by atoms with Crippen LogP contribution in [0.5, 0.6) is 5.75 Å². The molecule has 27 heavy (non-hydrogen) atoms. The smallest absolute Gasteiger partial charge is 0.245 e. The van der Waals surface area contributed by atoms with Gasteiger partial charge in [0, 0.05) is 7.05 Å². The maximum absolute atomic E-state index is 13.2. The Bertz CT molecular complexity index is 1030. The zero-order valence-electron chi connectivity index (χ0n) is 15.8. The number of aryl methyl sites for hydroxylation is 2. The molecule has 1 aromatic heterocycles. The van der Waals surface area contributed by atoms with Gasteiger partial charge >= 0.3 is 0 Å². The lowest BCUT2D eigenvalue weighted by molar-refractivity contribution is 0.414. The summed E-state index contributed by atoms with van der Waals surface area (Å²) in [6.45, 7) is 3.45. The largest absolute Gasteiger partial charge is 0.497 e. The predicted octanol–water partition coefficient (Wildman–Crippen LogP) is 3.11. The van der Waals surface area contributed by atoms with Gasteiger partial charge in [-0.15, -0.1) is 0 Å². The minimum absolute atomic E-state index is 0.222. The van der Waals surface area contributed by atoms with Crippen LogP contribution in [0.2, 0.25) is 0 Å². The van der Waals surface area contributed by atoms with Crippen molar-refractivity contribution < 1.29 is 13.2 Å². The summed E-state index contributed by atoms with van der Waals surface area (Å²) in [7, 11) is -0.443. The van der Waals surface area contributed by atoms with Crippen molar-refractivity contribution in [2.45, 2.75) is 24.8 Å². The number of methoxy groups -OCH3 is 1. The molecular formula is C20H23N3O3S. The third-order valence-corrected chi connectivity index (χ3v) is 6.24. The van der Waals surface area contributed by atoms with E-state index in [2.05, 4.69) is 9.82 Å². The van der Waals surface area contributed by atoms with Crippen LogP contribution in [0.1, 0.15) is 28.6 Å². The summed E-state index contributed by atoms with van der Waals surface area (Å²) >= 11 is 0. The molecule has 7 heteroatoms. The summed E-state index contributed by atoms with van der Waals surface area (Å²) < 4.78 is 36.0. The van der Waals surface area contributed by atoms with E-state index in [0.717, 1.165) is 11.1 Å². The van der Waals surface area contributed by atoms with Gasteiger partial charge < -0.3 is 4.74 Å². The average Bonchev–Trinajstić information content (AvgIpc) is 2.93. The Hall–Kier alpha value is -2.64. The molecule has 0 saturated carbocycles. The summed E-state index contributed by atoms with van der Waals surface area (Å²) in [5, 5.41) is 4.23. The van der Waals surface area contributed by atoms with E-state index in [4.69, 9.17) is 4.74 Å². The Labute approximate surface area is 159 Å². The van der Waals surface area contributed by atoms with Gasteiger partial charge in [0.15, 0.2) is 0 Å². The third kappa shape index (κ3) is 3.89. The highest BCUT2D eigenvalue weighted by Gasteiger charge is 2.28. The van der Waals surface area contributed by atoms with Crippen molar-refractivity contribution in [3.05, 3.63) is 77.1 Å². The van der Waals surface area contributed by atoms with Gasteiger partial charge in [0.25, 0.3) is 0 Å². The normalized spacial score (nSPS) is 12.7. The number of ether oxygens (including phenoxy) is 1. The number of nitrogens with one attached hydrogen (secondary N) is 1. The van der Waals surface area contributed by atoms with Gasteiger partial charge in [-0.3, -0.25) is 4.68 Å². The van der Waals surface area contributed by atoms with Crippen LogP contribution < -0.4 is 9.46 Å². The number of hydrogen-bond donors (Lipinski definition) is 1. The first-order chi connectivity index (χ1) is 12.8. The summed E-state index contributed by atoms with van der Waals surface area (Å²) in [4.78, 5) is 0.222. The molecule has 142 valence electrons. The van der Waals surface area contributed by atoms with Gasteiger partial charge in [0.1, 0.15) is 10.6 Å². The van der Waals surface area contributed by atoms with Crippen LogP contribution in [0.4, 0.5) is 0 Å². The number of aromatic nitrogens is 2. The van der Waals surface area contributed by atoms with Crippen LogP contribution in [0.25, 0.3) is 0 Å². The van der Waals surface area contributed by atoms with Crippen LogP contribution in [-0.2, 0) is 17.1 Å². The molecule has 1 N–H and O–H groups in total. The van der Waals surface area contributed by atoms with Crippen molar-refractivity contribution in [2.24, 2.45) is 7.05 Å². The fourth-order valence-corrected chi connectivity index (χ4v) is 4.78. The molecule has 1 atom stereocenters. The second-order valence-electron chi connectivity index (χ2n) is 6.36. The molecule has 3 aromatic rings. The van der Waals surface area contributed by atoms with Crippen molar-refractivity contribution >= 4 is 10.0 Å². The van der Waals surface area contributed by atoms with E-state index < -0.39 is 16.1 Å². The third-order valence-electron chi connectivity index (χ3n) is 4.57. The first-order valence-electron chi connectivity index (χ1n) is 8.55. The zero-order chi connectivity index (χ0) is 19.6. The Balaban J connectivity index is 2.05. The molecule has 0 fully saturated rings. The highest BCUT2D eigenvalue weighted by atomic mass is 32.2. The fraction of sp³-hybridized carbons (Fsp3) is 0.250. The number of hydrogen-bond acceptors (Lipinski definition) is 4. The second-order valence-corrected chi connectivity index (χ2v) is 8.01. The molecule has 0 spiro atoms. The lowest BCUT2D eigenvalue weighted by atomic mass is 10.00. The highest BCUT2D eigenvalue weighted by molar-refractivity contribution is 7.89. The molecule has 0 radical (unpaired) electrons. The van der Waals surface area contributed by atoms with Crippen molar-refractivity contribution in [1.82, 2.24) is 14.5 Å². The van der Waals surface area contributed by atoms with E-state index in [0.29, 0.717) is 17.1 Å². The predicted molar refractivity (Wildman–Crippen MR) is 104 cm³/mol. The topological polar surface area (TPSA) is 73.2 Å². The van der Waals surface area contributed by atoms with Crippen LogP contribution in [0.3, 0.4) is 0 Å². The van der Waals surface area contributed by atoms with Gasteiger partial charge in [0.2, 0.25) is 10.0 Å². The number of benzene rings is 2. The quantitative estimate of drug-likeness (QED) is 0.708. The molecule has 1 heterocycles. The highest BCUT2D eigenvalue weighted by Crippen LogP contribution is 2.28. The Kier molecular flexibility index (Phi) is 5.34. The molecule has 3 rings (SSSR count). The number of sulfonamides is 1. The molecule has 0 aliphatic rings. The minimum atomic E-state index is -3.78. The van der Waals surface area contributed by atoms with E-state index >= 15 is 0 Å². The van der Waals surface area contributed by atoms with Crippen molar-refractivity contribution in [3.8, 4) is 5.75 Å². The van der Waals surface area contributed by atoms with E-state index in [1.807, 2.05) is 54.6 Å². The molecule has 0 saturated heterocycles. The van der Waals surface area contributed by atoms with Crippen LogP contribution in [0, 0.1) is 13.8 Å². The van der Waals surface area contributed by atoms with Gasteiger partial charge in [-0.05, 0) is 37.1 Å². The Morgan fingerprint density at radius 3 is 2.11 bits per heavy atom. The lowest BCUT2D eigenvalue weighted by Crippen LogP contribution is -2.30. The molecule has 0 bridgehead atoms. The Morgan fingerprint density at radius 2 is 1.59 bits per heavy atom. The maximum Gasteiger partial charge on any atom is 0.245 e. The van der Waals surface area contributed by atoms with E-state index in [1.54, 1.807) is 32.7 Å². The Morgan fingerprint density at radius 1 is 1.00 bits per heavy atom. The SMILES string of the molecule is COc1ccc([C@@H](NS(=O)(=O)c2c(C)nn(C)c2C)c2ccccc2)cc1. The molecule has 0 amide bonds. The van der Waals surface area contributed by atoms with E-state index in [1.165, 1.54) is 0 Å². The first-order valence-corrected chi connectivity index (χ1v) is 10.0. The number of rotatable bonds is 6. The summed E-state index contributed by atoms with van der Waals surface area (Å²) in [5.74, 6) is 0.715. The number of nitrogens with zero attached hydrogens (tertiary/aromatic N) is 2. The minimum Gasteiger partial charge on any atom is -0.497 e. The molecule has 0 unspecified atom stereocenters. The van der Waals surface area contributed by atoms with Crippen molar-refractivity contribution in [2.75, 3.05) is 7.11 Å².